The maximum atomic E-state index is 5.55. The Bertz CT molecular complexity index is 575. The molecular weight excluding hydrogens is 244 g/mol. The van der Waals surface area contributed by atoms with Crippen molar-refractivity contribution in [3.8, 4) is 6.01 Å². The Morgan fingerprint density at radius 1 is 1.11 bits per heavy atom. The summed E-state index contributed by atoms with van der Waals surface area (Å²) in [5.41, 5.74) is 0. The molecule has 0 spiro atoms. The molecule has 0 saturated carbocycles. The highest BCUT2D eigenvalue weighted by Crippen LogP contribution is 2.19. The first-order valence-corrected chi connectivity index (χ1v) is 6.77. The van der Waals surface area contributed by atoms with E-state index in [-0.39, 0.29) is 0 Å². The van der Waals surface area contributed by atoms with Gasteiger partial charge in [-0.05, 0) is 33.1 Å². The number of anilines is 1. The molecule has 0 aromatic carbocycles. The quantitative estimate of drug-likeness (QED) is 0.828. The maximum absolute atomic E-state index is 5.55. The minimum absolute atomic E-state index is 0.466. The molecule has 2 aromatic rings. The minimum atomic E-state index is 0.466. The van der Waals surface area contributed by atoms with Crippen molar-refractivity contribution in [2.45, 2.75) is 33.1 Å². The zero-order valence-corrected chi connectivity index (χ0v) is 11.3. The van der Waals surface area contributed by atoms with Gasteiger partial charge in [-0.3, -0.25) is 0 Å². The average molecular weight is 262 g/mol. The SMILES string of the molecule is CCOc1nc(N2CCCCC2)nc2nc(C)nn12. The summed E-state index contributed by atoms with van der Waals surface area (Å²) in [6.45, 7) is 6.30. The Hall–Kier alpha value is -1.92. The predicted molar refractivity (Wildman–Crippen MR) is 70.5 cm³/mol. The van der Waals surface area contributed by atoms with Crippen LogP contribution in [0.4, 0.5) is 5.95 Å². The first-order chi connectivity index (χ1) is 9.28. The van der Waals surface area contributed by atoms with Gasteiger partial charge in [-0.1, -0.05) is 0 Å². The summed E-state index contributed by atoms with van der Waals surface area (Å²) in [7, 11) is 0. The number of rotatable bonds is 3. The van der Waals surface area contributed by atoms with Gasteiger partial charge in [0.1, 0.15) is 0 Å². The summed E-state index contributed by atoms with van der Waals surface area (Å²) >= 11 is 0. The van der Waals surface area contributed by atoms with E-state index in [0.29, 0.717) is 30.2 Å². The van der Waals surface area contributed by atoms with Crippen LogP contribution in [0.5, 0.6) is 6.01 Å². The summed E-state index contributed by atoms with van der Waals surface area (Å²) in [4.78, 5) is 15.5. The van der Waals surface area contributed by atoms with Gasteiger partial charge in [0, 0.05) is 13.1 Å². The minimum Gasteiger partial charge on any atom is -0.464 e. The predicted octanol–water partition coefficient (Wildman–Crippen LogP) is 1.22. The lowest BCUT2D eigenvalue weighted by Gasteiger charge is -2.26. The van der Waals surface area contributed by atoms with Gasteiger partial charge in [-0.25, -0.2) is 0 Å². The molecular formula is C12H18N6O. The molecule has 7 nitrogen and oxygen atoms in total. The van der Waals surface area contributed by atoms with E-state index < -0.39 is 0 Å². The largest absolute Gasteiger partial charge is 0.464 e. The van der Waals surface area contributed by atoms with Gasteiger partial charge in [0.15, 0.2) is 5.82 Å². The van der Waals surface area contributed by atoms with Gasteiger partial charge in [-0.2, -0.15) is 15.0 Å². The fourth-order valence-electron chi connectivity index (χ4n) is 2.31. The summed E-state index contributed by atoms with van der Waals surface area (Å²) in [6.07, 6.45) is 3.65. The number of fused-ring (bicyclic) bond motifs is 1. The number of aryl methyl sites for hydroxylation is 1. The monoisotopic (exact) mass is 262 g/mol. The van der Waals surface area contributed by atoms with E-state index in [1.807, 2.05) is 13.8 Å². The van der Waals surface area contributed by atoms with E-state index in [2.05, 4.69) is 25.0 Å². The van der Waals surface area contributed by atoms with Crippen molar-refractivity contribution in [3.05, 3.63) is 5.82 Å². The Labute approximate surface area is 111 Å². The molecule has 2 aromatic heterocycles. The lowest BCUT2D eigenvalue weighted by molar-refractivity contribution is 0.301. The molecule has 1 saturated heterocycles. The van der Waals surface area contributed by atoms with Crippen molar-refractivity contribution in [1.29, 1.82) is 0 Å². The standard InChI is InChI=1S/C12H18N6O/c1-3-19-12-15-10(17-7-5-4-6-8-17)14-11-13-9(2)16-18(11)12/h3-8H2,1-2H3. The molecule has 1 aliphatic heterocycles. The molecule has 1 aliphatic rings. The fraction of sp³-hybridized carbons (Fsp3) is 0.667. The smallest absolute Gasteiger partial charge is 0.324 e. The summed E-state index contributed by atoms with van der Waals surface area (Å²) in [5, 5.41) is 4.25. The maximum Gasteiger partial charge on any atom is 0.324 e. The Morgan fingerprint density at radius 3 is 2.63 bits per heavy atom. The second kappa shape index (κ2) is 4.99. The number of hydrogen-bond acceptors (Lipinski definition) is 6. The number of hydrogen-bond donors (Lipinski definition) is 0. The first-order valence-electron chi connectivity index (χ1n) is 6.77. The average Bonchev–Trinajstić information content (AvgIpc) is 2.80. The number of nitrogens with zero attached hydrogens (tertiary/aromatic N) is 6. The Balaban J connectivity index is 2.04. The van der Waals surface area contributed by atoms with Crippen molar-refractivity contribution in [2.75, 3.05) is 24.6 Å². The van der Waals surface area contributed by atoms with Crippen molar-refractivity contribution in [3.63, 3.8) is 0 Å². The van der Waals surface area contributed by atoms with Crippen LogP contribution < -0.4 is 9.64 Å². The second-order valence-corrected chi connectivity index (χ2v) is 4.66. The van der Waals surface area contributed by atoms with Gasteiger partial charge in [0.2, 0.25) is 5.95 Å². The summed E-state index contributed by atoms with van der Waals surface area (Å²) in [5.74, 6) is 1.92. The molecule has 0 amide bonds. The molecule has 7 heteroatoms. The van der Waals surface area contributed by atoms with Gasteiger partial charge >= 0.3 is 6.01 Å². The molecule has 0 atom stereocenters. The molecule has 1 fully saturated rings. The Kier molecular flexibility index (Phi) is 3.18. The van der Waals surface area contributed by atoms with Crippen LogP contribution in [0.2, 0.25) is 0 Å². The van der Waals surface area contributed by atoms with Gasteiger partial charge in [0.25, 0.3) is 5.78 Å². The molecule has 19 heavy (non-hydrogen) atoms. The Morgan fingerprint density at radius 2 is 1.89 bits per heavy atom. The van der Waals surface area contributed by atoms with Crippen LogP contribution in [0.15, 0.2) is 0 Å². The normalized spacial score (nSPS) is 16.0. The number of ether oxygens (including phenoxy) is 1. The topological polar surface area (TPSA) is 68.4 Å². The second-order valence-electron chi connectivity index (χ2n) is 4.66. The third kappa shape index (κ3) is 2.32. The molecule has 0 radical (unpaired) electrons. The van der Waals surface area contributed by atoms with Crippen LogP contribution in [-0.4, -0.2) is 44.3 Å². The zero-order chi connectivity index (χ0) is 13.2. The van der Waals surface area contributed by atoms with Crippen LogP contribution in [0, 0.1) is 6.92 Å². The van der Waals surface area contributed by atoms with Crippen molar-refractivity contribution >= 4 is 11.7 Å². The van der Waals surface area contributed by atoms with E-state index >= 15 is 0 Å². The third-order valence-corrected chi connectivity index (χ3v) is 3.19. The molecule has 0 N–H and O–H groups in total. The van der Waals surface area contributed by atoms with E-state index in [1.165, 1.54) is 19.3 Å². The summed E-state index contributed by atoms with van der Waals surface area (Å²) < 4.78 is 7.11. The van der Waals surface area contributed by atoms with Crippen LogP contribution in [0.25, 0.3) is 5.78 Å². The fourth-order valence-corrected chi connectivity index (χ4v) is 2.31. The molecule has 3 heterocycles. The first kappa shape index (κ1) is 12.1. The van der Waals surface area contributed by atoms with Crippen LogP contribution >= 0.6 is 0 Å². The van der Waals surface area contributed by atoms with Crippen molar-refractivity contribution in [2.24, 2.45) is 0 Å². The number of aromatic nitrogens is 5. The molecule has 0 aliphatic carbocycles. The highest BCUT2D eigenvalue weighted by Gasteiger charge is 2.18. The van der Waals surface area contributed by atoms with E-state index in [4.69, 9.17) is 4.74 Å². The molecule has 102 valence electrons. The highest BCUT2D eigenvalue weighted by molar-refractivity contribution is 5.40. The van der Waals surface area contributed by atoms with E-state index in [9.17, 15) is 0 Å². The molecule has 0 bridgehead atoms. The third-order valence-electron chi connectivity index (χ3n) is 3.19. The van der Waals surface area contributed by atoms with Crippen molar-refractivity contribution < 1.29 is 4.74 Å². The van der Waals surface area contributed by atoms with E-state index in [1.54, 1.807) is 4.52 Å². The number of piperidine rings is 1. The molecule has 0 unspecified atom stereocenters. The lowest BCUT2D eigenvalue weighted by atomic mass is 10.1. The van der Waals surface area contributed by atoms with Gasteiger partial charge < -0.3 is 9.64 Å². The van der Waals surface area contributed by atoms with Crippen LogP contribution in [-0.2, 0) is 0 Å². The van der Waals surface area contributed by atoms with Gasteiger partial charge in [-0.15, -0.1) is 9.61 Å². The van der Waals surface area contributed by atoms with E-state index in [0.717, 1.165) is 13.1 Å². The lowest BCUT2D eigenvalue weighted by Crippen LogP contribution is -2.31. The summed E-state index contributed by atoms with van der Waals surface area (Å²) in [6, 6.07) is 0.466. The van der Waals surface area contributed by atoms with Crippen LogP contribution in [0.1, 0.15) is 32.0 Å². The van der Waals surface area contributed by atoms with Crippen molar-refractivity contribution in [1.82, 2.24) is 24.6 Å². The molecule has 3 rings (SSSR count). The van der Waals surface area contributed by atoms with Crippen LogP contribution in [0.3, 0.4) is 0 Å². The zero-order valence-electron chi connectivity index (χ0n) is 11.3. The highest BCUT2D eigenvalue weighted by atomic mass is 16.5. The van der Waals surface area contributed by atoms with Gasteiger partial charge in [0.05, 0.1) is 6.61 Å².